The zero-order valence-electron chi connectivity index (χ0n) is 8.31. The lowest BCUT2D eigenvalue weighted by Gasteiger charge is -2.03. The van der Waals surface area contributed by atoms with Crippen LogP contribution >= 0.6 is 0 Å². The average Bonchev–Trinajstić information content (AvgIpc) is 2.05. The minimum atomic E-state index is 0.191. The zero-order valence-corrected chi connectivity index (χ0v) is 8.31. The molecule has 0 atom stereocenters. The highest BCUT2D eigenvalue weighted by atomic mass is 16.1. The fourth-order valence-corrected chi connectivity index (χ4v) is 0.857. The third kappa shape index (κ3) is 5.96. The molecule has 0 unspecified atom stereocenters. The van der Waals surface area contributed by atoms with Crippen molar-refractivity contribution in [1.29, 1.82) is 0 Å². The maximum Gasteiger partial charge on any atom is 0.157 e. The molecule has 0 spiro atoms. The highest BCUT2D eigenvalue weighted by Gasteiger charge is 1.93. The summed E-state index contributed by atoms with van der Waals surface area (Å²) in [5, 5.41) is 3.19. The Morgan fingerprint density at radius 2 is 2.08 bits per heavy atom. The molecular weight excluding hydrogens is 150 g/mol. The fourth-order valence-electron chi connectivity index (χ4n) is 0.857. The summed E-state index contributed by atoms with van der Waals surface area (Å²) in [5.74, 6) is 0.191. The molecule has 12 heavy (non-hydrogen) atoms. The number of hydrogen-bond donors (Lipinski definition) is 1. The van der Waals surface area contributed by atoms with Crippen LogP contribution in [-0.2, 0) is 4.79 Å². The van der Waals surface area contributed by atoms with Crippen LogP contribution in [0, 0.1) is 0 Å². The van der Waals surface area contributed by atoms with Gasteiger partial charge in [0.05, 0.1) is 0 Å². The lowest BCUT2D eigenvalue weighted by Crippen LogP contribution is -2.13. The first kappa shape index (κ1) is 11.2. The van der Waals surface area contributed by atoms with Gasteiger partial charge in [0.2, 0.25) is 0 Å². The smallest absolute Gasteiger partial charge is 0.157 e. The number of allylic oxidation sites excluding steroid dienone is 2. The van der Waals surface area contributed by atoms with Crippen LogP contribution in [-0.4, -0.2) is 12.3 Å². The molecule has 0 aromatic rings. The second-order valence-corrected chi connectivity index (χ2v) is 2.93. The second-order valence-electron chi connectivity index (χ2n) is 2.93. The Balaban J connectivity index is 3.62. The molecule has 0 saturated carbocycles. The van der Waals surface area contributed by atoms with E-state index in [0.29, 0.717) is 6.42 Å². The molecule has 0 bridgehead atoms. The first-order chi connectivity index (χ1) is 5.70. The highest BCUT2D eigenvalue weighted by Crippen LogP contribution is 1.92. The van der Waals surface area contributed by atoms with Crippen LogP contribution in [0.3, 0.4) is 0 Å². The molecule has 0 aliphatic heterocycles. The largest absolute Gasteiger partial charge is 0.388 e. The van der Waals surface area contributed by atoms with E-state index in [0.717, 1.165) is 18.7 Å². The van der Waals surface area contributed by atoms with E-state index in [9.17, 15) is 4.79 Å². The van der Waals surface area contributed by atoms with E-state index in [1.807, 2.05) is 13.8 Å². The van der Waals surface area contributed by atoms with Gasteiger partial charge in [0.1, 0.15) is 0 Å². The van der Waals surface area contributed by atoms with Gasteiger partial charge in [-0.05, 0) is 19.4 Å². The summed E-state index contributed by atoms with van der Waals surface area (Å²) < 4.78 is 0. The van der Waals surface area contributed by atoms with Crippen LogP contribution in [0.2, 0.25) is 0 Å². The van der Waals surface area contributed by atoms with E-state index >= 15 is 0 Å². The maximum atomic E-state index is 10.9. The molecule has 0 aliphatic rings. The Bertz CT molecular complexity index is 161. The quantitative estimate of drug-likeness (QED) is 0.488. The molecule has 0 rings (SSSR count). The lowest BCUT2D eigenvalue weighted by atomic mass is 10.2. The summed E-state index contributed by atoms with van der Waals surface area (Å²) in [4.78, 5) is 10.9. The Kier molecular flexibility index (Phi) is 6.44. The number of rotatable bonds is 6. The van der Waals surface area contributed by atoms with Gasteiger partial charge in [0.15, 0.2) is 5.78 Å². The molecule has 2 nitrogen and oxygen atoms in total. The molecule has 0 amide bonds. The second kappa shape index (κ2) is 6.89. The number of nitrogens with one attached hydrogen (secondary N) is 1. The van der Waals surface area contributed by atoms with Crippen molar-refractivity contribution in [3.8, 4) is 0 Å². The molecule has 0 saturated heterocycles. The monoisotopic (exact) mass is 169 g/mol. The van der Waals surface area contributed by atoms with Gasteiger partial charge < -0.3 is 5.32 Å². The van der Waals surface area contributed by atoms with Crippen molar-refractivity contribution >= 4 is 5.78 Å². The summed E-state index contributed by atoms with van der Waals surface area (Å²) in [6.45, 7) is 6.93. The van der Waals surface area contributed by atoms with E-state index in [1.54, 1.807) is 6.08 Å². The van der Waals surface area contributed by atoms with E-state index in [1.165, 1.54) is 6.42 Å². The van der Waals surface area contributed by atoms with Crippen LogP contribution in [0.5, 0.6) is 0 Å². The first-order valence-electron chi connectivity index (χ1n) is 4.65. The predicted octanol–water partition coefficient (Wildman–Crippen LogP) is 2.26. The van der Waals surface area contributed by atoms with Gasteiger partial charge in [-0.25, -0.2) is 0 Å². The zero-order chi connectivity index (χ0) is 9.40. The van der Waals surface area contributed by atoms with Gasteiger partial charge in [0.25, 0.3) is 0 Å². The summed E-state index contributed by atoms with van der Waals surface area (Å²) in [7, 11) is 0. The molecule has 2 heteroatoms. The van der Waals surface area contributed by atoms with Crippen LogP contribution in [0.15, 0.2) is 11.8 Å². The van der Waals surface area contributed by atoms with Crippen molar-refractivity contribution in [2.75, 3.05) is 6.54 Å². The first-order valence-corrected chi connectivity index (χ1v) is 4.65. The minimum absolute atomic E-state index is 0.191. The topological polar surface area (TPSA) is 29.1 Å². The number of carbonyl (C=O) groups is 1. The van der Waals surface area contributed by atoms with Crippen LogP contribution in [0.1, 0.15) is 40.0 Å². The number of hydrogen-bond acceptors (Lipinski definition) is 2. The summed E-state index contributed by atoms with van der Waals surface area (Å²) in [6, 6.07) is 0. The van der Waals surface area contributed by atoms with Crippen LogP contribution in [0.25, 0.3) is 0 Å². The molecule has 1 N–H and O–H groups in total. The lowest BCUT2D eigenvalue weighted by molar-refractivity contribution is -0.114. The highest BCUT2D eigenvalue weighted by molar-refractivity contribution is 5.89. The third-order valence-corrected chi connectivity index (χ3v) is 1.66. The van der Waals surface area contributed by atoms with Gasteiger partial charge in [-0.2, -0.15) is 0 Å². The molecule has 0 aromatic heterocycles. The van der Waals surface area contributed by atoms with E-state index in [2.05, 4.69) is 12.2 Å². The summed E-state index contributed by atoms with van der Waals surface area (Å²) in [5.41, 5.74) is 0.982. The van der Waals surface area contributed by atoms with E-state index in [4.69, 9.17) is 0 Å². The fraction of sp³-hybridized carbons (Fsp3) is 0.700. The van der Waals surface area contributed by atoms with Gasteiger partial charge in [-0.3, -0.25) is 4.79 Å². The number of carbonyl (C=O) groups excluding carboxylic acids is 1. The SMILES string of the molecule is CCCCN/C(C)=C\C(=O)CC. The molecule has 0 aliphatic carbocycles. The Hall–Kier alpha value is -0.790. The van der Waals surface area contributed by atoms with Crippen molar-refractivity contribution in [3.63, 3.8) is 0 Å². The molecule has 70 valence electrons. The maximum absolute atomic E-state index is 10.9. The van der Waals surface area contributed by atoms with Crippen LogP contribution in [0.4, 0.5) is 0 Å². The van der Waals surface area contributed by atoms with Gasteiger partial charge >= 0.3 is 0 Å². The van der Waals surface area contributed by atoms with E-state index in [-0.39, 0.29) is 5.78 Å². The van der Waals surface area contributed by atoms with Gasteiger partial charge in [-0.1, -0.05) is 20.3 Å². The van der Waals surface area contributed by atoms with Crippen molar-refractivity contribution < 1.29 is 4.79 Å². The molecule has 0 heterocycles. The normalized spacial score (nSPS) is 11.4. The van der Waals surface area contributed by atoms with Crippen LogP contribution < -0.4 is 5.32 Å². The Morgan fingerprint density at radius 1 is 1.42 bits per heavy atom. The van der Waals surface area contributed by atoms with Crippen molar-refractivity contribution in [1.82, 2.24) is 5.32 Å². The number of ketones is 1. The molecular formula is C10H19NO. The minimum Gasteiger partial charge on any atom is -0.388 e. The van der Waals surface area contributed by atoms with Crippen molar-refractivity contribution in [2.45, 2.75) is 40.0 Å². The molecule has 0 fully saturated rings. The molecule has 0 aromatic carbocycles. The standard InChI is InChI=1S/C10H19NO/c1-4-6-7-11-9(3)8-10(12)5-2/h8,11H,4-7H2,1-3H3/b9-8-. The molecule has 0 radical (unpaired) electrons. The summed E-state index contributed by atoms with van der Waals surface area (Å²) in [6.07, 6.45) is 4.61. The van der Waals surface area contributed by atoms with Crippen molar-refractivity contribution in [3.05, 3.63) is 11.8 Å². The van der Waals surface area contributed by atoms with Crippen molar-refractivity contribution in [2.24, 2.45) is 0 Å². The third-order valence-electron chi connectivity index (χ3n) is 1.66. The Morgan fingerprint density at radius 3 is 2.58 bits per heavy atom. The average molecular weight is 169 g/mol. The Labute approximate surface area is 75.0 Å². The predicted molar refractivity (Wildman–Crippen MR) is 52.0 cm³/mol. The van der Waals surface area contributed by atoms with Gasteiger partial charge in [0, 0.05) is 18.7 Å². The van der Waals surface area contributed by atoms with E-state index < -0.39 is 0 Å². The van der Waals surface area contributed by atoms with Gasteiger partial charge in [-0.15, -0.1) is 0 Å². The summed E-state index contributed by atoms with van der Waals surface area (Å²) >= 11 is 0. The number of unbranched alkanes of at least 4 members (excludes halogenated alkanes) is 1.